The Morgan fingerprint density at radius 1 is 1.10 bits per heavy atom. The van der Waals surface area contributed by atoms with E-state index in [1.807, 2.05) is 36.4 Å². The summed E-state index contributed by atoms with van der Waals surface area (Å²) in [4.78, 5) is 0. The molecule has 1 saturated carbocycles. The number of aromatic amines is 1. The molecular weight excluding hydrogens is 392 g/mol. The van der Waals surface area contributed by atoms with Gasteiger partial charge in [-0.1, -0.05) is 42.8 Å². The number of nitrogens with one attached hydrogen (secondary N) is 1. The average molecular weight is 410 g/mol. The summed E-state index contributed by atoms with van der Waals surface area (Å²) in [5, 5.41) is 15.9. The summed E-state index contributed by atoms with van der Waals surface area (Å²) in [6.07, 6.45) is 2.98. The van der Waals surface area contributed by atoms with Gasteiger partial charge in [-0.25, -0.2) is 4.39 Å². The zero-order valence-electron chi connectivity index (χ0n) is 16.6. The molecule has 0 unspecified atom stereocenters. The van der Waals surface area contributed by atoms with Gasteiger partial charge in [0.25, 0.3) is 0 Å². The average Bonchev–Trinajstić information content (AvgIpc) is 3.13. The molecule has 3 aromatic carbocycles. The fourth-order valence-corrected chi connectivity index (χ4v) is 4.20. The Hall–Kier alpha value is -3.78. The van der Waals surface area contributed by atoms with Crippen molar-refractivity contribution in [2.75, 3.05) is 0 Å². The molecule has 1 aliphatic rings. The highest BCUT2D eigenvalue weighted by molar-refractivity contribution is 6.01. The van der Waals surface area contributed by atoms with Crippen molar-refractivity contribution in [1.29, 1.82) is 5.26 Å². The van der Waals surface area contributed by atoms with Crippen molar-refractivity contribution >= 4 is 22.0 Å². The zero-order valence-corrected chi connectivity index (χ0v) is 16.6. The SMILES string of the molecule is N#Cc1ccc(/C(=C(\c2[c]cccc2)c2ccc3[nH]nc(F)c3c2)C2CCC2)c(F)c1. The van der Waals surface area contributed by atoms with E-state index in [0.717, 1.165) is 41.5 Å². The molecule has 0 bridgehead atoms. The van der Waals surface area contributed by atoms with Crippen molar-refractivity contribution < 1.29 is 8.78 Å². The van der Waals surface area contributed by atoms with Gasteiger partial charge in [0.05, 0.1) is 22.5 Å². The van der Waals surface area contributed by atoms with Gasteiger partial charge in [0.2, 0.25) is 5.95 Å². The van der Waals surface area contributed by atoms with E-state index in [1.54, 1.807) is 24.3 Å². The molecule has 0 spiro atoms. The number of fused-ring (bicyclic) bond motifs is 1. The fourth-order valence-electron chi connectivity index (χ4n) is 4.20. The van der Waals surface area contributed by atoms with Gasteiger partial charge in [-0.05, 0) is 71.4 Å². The fraction of sp³-hybridized carbons (Fsp3) is 0.154. The standard InChI is InChI=1S/C26H18F2N3/c27-22-13-16(15-29)9-11-20(22)25(18-7-4-8-18)24(17-5-2-1-3-6-17)19-10-12-23-21(14-19)26(28)31-30-23/h1-3,5,9-14,18H,4,7-8H2,(H,30,31)/b25-24+. The van der Waals surface area contributed by atoms with Gasteiger partial charge < -0.3 is 0 Å². The van der Waals surface area contributed by atoms with E-state index in [0.29, 0.717) is 16.5 Å². The van der Waals surface area contributed by atoms with Crippen LogP contribution in [0.4, 0.5) is 8.78 Å². The molecule has 1 aromatic heterocycles. The van der Waals surface area contributed by atoms with E-state index in [1.165, 1.54) is 6.07 Å². The summed E-state index contributed by atoms with van der Waals surface area (Å²) in [5.74, 6) is -0.816. The predicted octanol–water partition coefficient (Wildman–Crippen LogP) is 6.27. The summed E-state index contributed by atoms with van der Waals surface area (Å²) in [5.41, 5.74) is 4.66. The highest BCUT2D eigenvalue weighted by atomic mass is 19.1. The van der Waals surface area contributed by atoms with E-state index in [-0.39, 0.29) is 11.5 Å². The van der Waals surface area contributed by atoms with Crippen LogP contribution in [0.5, 0.6) is 0 Å². The highest BCUT2D eigenvalue weighted by Crippen LogP contribution is 2.46. The largest absolute Gasteiger partial charge is 0.275 e. The topological polar surface area (TPSA) is 52.5 Å². The first-order valence-electron chi connectivity index (χ1n) is 10.2. The van der Waals surface area contributed by atoms with Gasteiger partial charge in [0.1, 0.15) is 5.82 Å². The highest BCUT2D eigenvalue weighted by Gasteiger charge is 2.29. The van der Waals surface area contributed by atoms with Crippen molar-refractivity contribution in [2.24, 2.45) is 5.92 Å². The van der Waals surface area contributed by atoms with Gasteiger partial charge >= 0.3 is 0 Å². The summed E-state index contributed by atoms with van der Waals surface area (Å²) >= 11 is 0. The first-order valence-corrected chi connectivity index (χ1v) is 10.2. The van der Waals surface area contributed by atoms with Crippen LogP contribution in [0.25, 0.3) is 22.0 Å². The number of hydrogen-bond acceptors (Lipinski definition) is 2. The molecule has 0 aliphatic heterocycles. The van der Waals surface area contributed by atoms with Crippen LogP contribution in [-0.4, -0.2) is 10.2 Å². The van der Waals surface area contributed by atoms with E-state index in [4.69, 9.17) is 5.26 Å². The molecule has 1 aliphatic carbocycles. The molecule has 1 fully saturated rings. The van der Waals surface area contributed by atoms with Crippen LogP contribution < -0.4 is 0 Å². The Balaban J connectivity index is 1.83. The van der Waals surface area contributed by atoms with Gasteiger partial charge in [-0.2, -0.15) is 9.65 Å². The van der Waals surface area contributed by atoms with Crippen molar-refractivity contribution in [3.8, 4) is 6.07 Å². The third-order valence-corrected chi connectivity index (χ3v) is 5.95. The van der Waals surface area contributed by atoms with Crippen LogP contribution >= 0.6 is 0 Å². The number of allylic oxidation sites excluding steroid dienone is 1. The molecule has 5 heteroatoms. The van der Waals surface area contributed by atoms with Crippen LogP contribution in [0.15, 0.2) is 60.7 Å². The van der Waals surface area contributed by atoms with Gasteiger partial charge in [-0.3, -0.25) is 5.10 Å². The first kappa shape index (κ1) is 19.2. The minimum absolute atomic E-state index is 0.177. The molecule has 0 amide bonds. The normalized spacial score (nSPS) is 14.7. The van der Waals surface area contributed by atoms with Crippen LogP contribution in [0.1, 0.15) is 41.5 Å². The molecule has 151 valence electrons. The van der Waals surface area contributed by atoms with Crippen LogP contribution in [-0.2, 0) is 0 Å². The van der Waals surface area contributed by atoms with E-state index in [9.17, 15) is 4.39 Å². The Morgan fingerprint density at radius 3 is 2.65 bits per heavy atom. The summed E-state index contributed by atoms with van der Waals surface area (Å²) in [6.45, 7) is 0. The number of nitrogens with zero attached hydrogens (tertiary/aromatic N) is 2. The van der Waals surface area contributed by atoms with Gasteiger partial charge in [-0.15, -0.1) is 5.10 Å². The van der Waals surface area contributed by atoms with E-state index < -0.39 is 11.8 Å². The Kier molecular flexibility index (Phi) is 4.83. The van der Waals surface area contributed by atoms with Crippen molar-refractivity contribution in [1.82, 2.24) is 10.2 Å². The molecule has 4 aromatic rings. The first-order chi connectivity index (χ1) is 15.2. The Labute approximate surface area is 178 Å². The minimum atomic E-state index is -0.567. The number of hydrogen-bond donors (Lipinski definition) is 1. The van der Waals surface area contributed by atoms with Gasteiger partial charge in [0, 0.05) is 5.56 Å². The zero-order chi connectivity index (χ0) is 21.4. The molecule has 31 heavy (non-hydrogen) atoms. The monoisotopic (exact) mass is 410 g/mol. The lowest BCUT2D eigenvalue weighted by molar-refractivity contribution is 0.400. The number of benzene rings is 3. The molecule has 1 radical (unpaired) electrons. The second-order valence-electron chi connectivity index (χ2n) is 7.77. The molecule has 0 atom stereocenters. The predicted molar refractivity (Wildman–Crippen MR) is 116 cm³/mol. The quantitative estimate of drug-likeness (QED) is 0.403. The molecule has 1 N–H and O–H groups in total. The number of halogens is 2. The lowest BCUT2D eigenvalue weighted by Gasteiger charge is -2.31. The van der Waals surface area contributed by atoms with E-state index >= 15 is 4.39 Å². The van der Waals surface area contributed by atoms with Crippen molar-refractivity contribution in [3.05, 3.63) is 101 Å². The second kappa shape index (κ2) is 7.81. The Bertz CT molecular complexity index is 1340. The van der Waals surface area contributed by atoms with Crippen molar-refractivity contribution in [3.63, 3.8) is 0 Å². The lowest BCUT2D eigenvalue weighted by Crippen LogP contribution is -2.16. The lowest BCUT2D eigenvalue weighted by atomic mass is 9.73. The van der Waals surface area contributed by atoms with Crippen molar-refractivity contribution in [2.45, 2.75) is 19.3 Å². The molecular formula is C26H18F2N3. The molecule has 1 heterocycles. The van der Waals surface area contributed by atoms with Gasteiger partial charge in [0.15, 0.2) is 0 Å². The minimum Gasteiger partial charge on any atom is -0.275 e. The summed E-state index contributed by atoms with van der Waals surface area (Å²) in [7, 11) is 0. The maximum atomic E-state index is 15.2. The van der Waals surface area contributed by atoms with Crippen LogP contribution in [0.2, 0.25) is 0 Å². The third kappa shape index (κ3) is 3.40. The Morgan fingerprint density at radius 2 is 1.97 bits per heavy atom. The summed E-state index contributed by atoms with van der Waals surface area (Å²) < 4.78 is 29.4. The molecule has 3 nitrogen and oxygen atoms in total. The number of rotatable bonds is 4. The molecule has 0 saturated heterocycles. The van der Waals surface area contributed by atoms with E-state index in [2.05, 4.69) is 16.3 Å². The van der Waals surface area contributed by atoms with Crippen LogP contribution in [0, 0.1) is 35.1 Å². The maximum Gasteiger partial charge on any atom is 0.240 e. The third-order valence-electron chi connectivity index (χ3n) is 5.95. The van der Waals surface area contributed by atoms with Crippen LogP contribution in [0.3, 0.4) is 0 Å². The number of nitriles is 1. The second-order valence-corrected chi connectivity index (χ2v) is 7.77. The smallest absolute Gasteiger partial charge is 0.240 e. The maximum absolute atomic E-state index is 15.2. The number of aromatic nitrogens is 2. The molecule has 5 rings (SSSR count). The summed E-state index contributed by atoms with van der Waals surface area (Å²) in [6, 6.07) is 22.9. The number of H-pyrrole nitrogens is 1.